The molecule has 0 aliphatic carbocycles. The van der Waals surface area contributed by atoms with Crippen molar-refractivity contribution in [1.29, 1.82) is 0 Å². The number of carbonyl (C=O) groups is 4. The summed E-state index contributed by atoms with van der Waals surface area (Å²) in [6.07, 6.45) is -0.548. The molecule has 0 radical (unpaired) electrons. The number of hydrogen-bond acceptors (Lipinski definition) is 6. The van der Waals surface area contributed by atoms with Crippen LogP contribution in [0.4, 0.5) is 4.79 Å². The number of benzene rings is 2. The van der Waals surface area contributed by atoms with Crippen molar-refractivity contribution in [1.82, 2.24) is 15.5 Å². The SMILES string of the molecule is Cc1cc(C)cc(C(C(=O)NC(Cc2ccccc2)C(=O)OC(C)(C)C)N(C(=O)C(C)NC(=O)OC(C)(C)C)C(C)(C)C)c1. The number of ether oxygens (including phenoxy) is 2. The van der Waals surface area contributed by atoms with Gasteiger partial charge in [-0.15, -0.1) is 0 Å². The molecule has 0 saturated heterocycles. The predicted molar refractivity (Wildman–Crippen MR) is 172 cm³/mol. The predicted octanol–water partition coefficient (Wildman–Crippen LogP) is 5.95. The van der Waals surface area contributed by atoms with Crippen LogP contribution in [0.3, 0.4) is 0 Å². The maximum atomic E-state index is 14.4. The van der Waals surface area contributed by atoms with Crippen LogP contribution in [0.1, 0.15) is 97.5 Å². The molecule has 2 aromatic rings. The van der Waals surface area contributed by atoms with Gasteiger partial charge >= 0.3 is 12.1 Å². The van der Waals surface area contributed by atoms with Crippen LogP contribution in [0, 0.1) is 13.8 Å². The third-order valence-electron chi connectivity index (χ3n) is 6.42. The largest absolute Gasteiger partial charge is 0.458 e. The summed E-state index contributed by atoms with van der Waals surface area (Å²) in [6.45, 7) is 21.4. The Kier molecular flexibility index (Phi) is 11.8. The Morgan fingerprint density at radius 1 is 0.773 bits per heavy atom. The van der Waals surface area contributed by atoms with Crippen molar-refractivity contribution in [3.05, 3.63) is 70.8 Å². The monoisotopic (exact) mass is 609 g/mol. The summed E-state index contributed by atoms with van der Waals surface area (Å²) in [5, 5.41) is 5.54. The molecule has 0 fully saturated rings. The van der Waals surface area contributed by atoms with Crippen LogP contribution in [-0.4, -0.2) is 57.6 Å². The molecule has 44 heavy (non-hydrogen) atoms. The standard InChI is InChI=1S/C35H51N3O6/c1-22-18-23(2)20-26(19-22)28(38(33(4,5)6)30(40)24(3)36-32(42)44-35(10,11)12)29(39)37-27(31(41)43-34(7,8)9)21-25-16-14-13-15-17-25/h13-20,24,27-28H,21H2,1-12H3,(H,36,42)(H,37,39). The number of aryl methyl sites for hydroxylation is 2. The van der Waals surface area contributed by atoms with Crippen molar-refractivity contribution in [2.75, 3.05) is 0 Å². The van der Waals surface area contributed by atoms with E-state index in [1.807, 2.05) is 83.1 Å². The van der Waals surface area contributed by atoms with Gasteiger partial charge in [-0.3, -0.25) is 9.59 Å². The molecule has 0 bridgehead atoms. The van der Waals surface area contributed by atoms with Gasteiger partial charge in [0, 0.05) is 12.0 Å². The van der Waals surface area contributed by atoms with Crippen LogP contribution < -0.4 is 10.6 Å². The van der Waals surface area contributed by atoms with Crippen molar-refractivity contribution in [3.8, 4) is 0 Å². The zero-order valence-corrected chi connectivity index (χ0v) is 28.5. The molecule has 2 aromatic carbocycles. The molecule has 2 N–H and O–H groups in total. The second kappa shape index (κ2) is 14.3. The zero-order chi connectivity index (χ0) is 33.6. The molecule has 0 aliphatic heterocycles. The second-order valence-electron chi connectivity index (χ2n) is 14.4. The molecule has 0 aromatic heterocycles. The lowest BCUT2D eigenvalue weighted by molar-refractivity contribution is -0.159. The topological polar surface area (TPSA) is 114 Å². The van der Waals surface area contributed by atoms with Crippen LogP contribution in [0.5, 0.6) is 0 Å². The number of hydrogen-bond donors (Lipinski definition) is 2. The molecule has 0 spiro atoms. The van der Waals surface area contributed by atoms with Gasteiger partial charge in [0.05, 0.1) is 0 Å². The van der Waals surface area contributed by atoms with Crippen LogP contribution in [-0.2, 0) is 30.3 Å². The Morgan fingerprint density at radius 2 is 1.30 bits per heavy atom. The van der Waals surface area contributed by atoms with E-state index in [1.54, 1.807) is 48.5 Å². The fourth-order valence-electron chi connectivity index (χ4n) is 4.85. The number of amides is 3. The van der Waals surface area contributed by atoms with Crippen LogP contribution in [0.15, 0.2) is 48.5 Å². The smallest absolute Gasteiger partial charge is 0.408 e. The van der Waals surface area contributed by atoms with Gasteiger partial charge in [0.25, 0.3) is 0 Å². The van der Waals surface area contributed by atoms with E-state index in [2.05, 4.69) is 10.6 Å². The quantitative estimate of drug-likeness (QED) is 0.340. The number of rotatable bonds is 9. The van der Waals surface area contributed by atoms with Gasteiger partial charge < -0.3 is 25.0 Å². The summed E-state index contributed by atoms with van der Waals surface area (Å²) in [5.41, 5.74) is 0.828. The van der Waals surface area contributed by atoms with E-state index in [4.69, 9.17) is 9.47 Å². The highest BCUT2D eigenvalue weighted by Crippen LogP contribution is 2.31. The number of nitrogens with zero attached hydrogens (tertiary/aromatic N) is 1. The molecule has 242 valence electrons. The molecular formula is C35H51N3O6. The Bertz CT molecular complexity index is 1300. The third kappa shape index (κ3) is 11.3. The van der Waals surface area contributed by atoms with Gasteiger partial charge in [-0.25, -0.2) is 9.59 Å². The van der Waals surface area contributed by atoms with E-state index < -0.39 is 58.7 Å². The number of nitrogens with one attached hydrogen (secondary N) is 2. The lowest BCUT2D eigenvalue weighted by atomic mass is 9.93. The Hall–Kier alpha value is -3.88. The minimum Gasteiger partial charge on any atom is -0.458 e. The summed E-state index contributed by atoms with van der Waals surface area (Å²) < 4.78 is 11.1. The van der Waals surface area contributed by atoms with Crippen LogP contribution >= 0.6 is 0 Å². The first-order chi connectivity index (χ1) is 20.1. The second-order valence-corrected chi connectivity index (χ2v) is 14.4. The molecule has 2 rings (SSSR count). The lowest BCUT2D eigenvalue weighted by Gasteiger charge is -2.43. The van der Waals surface area contributed by atoms with E-state index in [0.717, 1.165) is 16.7 Å². The minimum absolute atomic E-state index is 0.196. The summed E-state index contributed by atoms with van der Waals surface area (Å²) in [5.74, 6) is -1.61. The van der Waals surface area contributed by atoms with Crippen molar-refractivity contribution in [2.24, 2.45) is 0 Å². The Balaban J connectivity index is 2.61. The molecule has 0 saturated carbocycles. The normalized spacial score (nSPS) is 14.1. The van der Waals surface area contributed by atoms with Gasteiger partial charge in [-0.2, -0.15) is 0 Å². The maximum Gasteiger partial charge on any atom is 0.408 e. The maximum absolute atomic E-state index is 14.4. The Labute approximate surface area is 263 Å². The number of esters is 1. The van der Waals surface area contributed by atoms with Gasteiger partial charge in [-0.1, -0.05) is 59.7 Å². The van der Waals surface area contributed by atoms with Crippen LogP contribution in [0.25, 0.3) is 0 Å². The highest BCUT2D eigenvalue weighted by molar-refractivity contribution is 5.94. The zero-order valence-electron chi connectivity index (χ0n) is 28.5. The molecule has 0 heterocycles. The fourth-order valence-corrected chi connectivity index (χ4v) is 4.85. The molecular weight excluding hydrogens is 558 g/mol. The molecule has 3 unspecified atom stereocenters. The average molecular weight is 610 g/mol. The van der Waals surface area contributed by atoms with Crippen molar-refractivity contribution in [3.63, 3.8) is 0 Å². The molecule has 0 aliphatic rings. The average Bonchev–Trinajstić information content (AvgIpc) is 2.83. The summed E-state index contributed by atoms with van der Waals surface area (Å²) in [7, 11) is 0. The molecule has 9 nitrogen and oxygen atoms in total. The summed E-state index contributed by atoms with van der Waals surface area (Å²) >= 11 is 0. The van der Waals surface area contributed by atoms with E-state index in [0.29, 0.717) is 5.56 Å². The van der Waals surface area contributed by atoms with Gasteiger partial charge in [-0.05, 0) is 94.2 Å². The van der Waals surface area contributed by atoms with Gasteiger partial charge in [0.2, 0.25) is 11.8 Å². The first-order valence-electron chi connectivity index (χ1n) is 15.1. The number of carbonyl (C=O) groups excluding carboxylic acids is 4. The fraction of sp³-hybridized carbons (Fsp3) is 0.543. The molecule has 9 heteroatoms. The Morgan fingerprint density at radius 3 is 1.77 bits per heavy atom. The van der Waals surface area contributed by atoms with E-state index in [-0.39, 0.29) is 6.42 Å². The van der Waals surface area contributed by atoms with E-state index in [9.17, 15) is 19.2 Å². The summed E-state index contributed by atoms with van der Waals surface area (Å²) in [6, 6.07) is 11.9. The van der Waals surface area contributed by atoms with Gasteiger partial charge in [0.1, 0.15) is 29.3 Å². The first kappa shape index (κ1) is 36.3. The van der Waals surface area contributed by atoms with E-state index >= 15 is 0 Å². The number of alkyl carbamates (subject to hydrolysis) is 1. The van der Waals surface area contributed by atoms with Gasteiger partial charge in [0.15, 0.2) is 0 Å². The minimum atomic E-state index is -1.13. The highest BCUT2D eigenvalue weighted by atomic mass is 16.6. The third-order valence-corrected chi connectivity index (χ3v) is 6.42. The molecule has 3 atom stereocenters. The van der Waals surface area contributed by atoms with Crippen molar-refractivity contribution in [2.45, 2.75) is 124 Å². The van der Waals surface area contributed by atoms with Crippen molar-refractivity contribution < 1.29 is 28.7 Å². The van der Waals surface area contributed by atoms with E-state index in [1.165, 1.54) is 4.90 Å². The first-order valence-corrected chi connectivity index (χ1v) is 15.1. The van der Waals surface area contributed by atoms with Crippen molar-refractivity contribution >= 4 is 23.9 Å². The summed E-state index contributed by atoms with van der Waals surface area (Å²) in [4.78, 5) is 56.1. The highest BCUT2D eigenvalue weighted by Gasteiger charge is 2.42. The van der Waals surface area contributed by atoms with Crippen LogP contribution in [0.2, 0.25) is 0 Å². The lowest BCUT2D eigenvalue weighted by Crippen LogP contribution is -2.59. The molecule has 3 amide bonds.